The summed E-state index contributed by atoms with van der Waals surface area (Å²) in [6.07, 6.45) is 4.63. The summed E-state index contributed by atoms with van der Waals surface area (Å²) in [6.45, 7) is 1.75. The normalized spacial score (nSPS) is 24.0. The van der Waals surface area contributed by atoms with Gasteiger partial charge in [-0.3, -0.25) is 0 Å². The Morgan fingerprint density at radius 3 is 2.61 bits per heavy atom. The molecule has 23 heavy (non-hydrogen) atoms. The van der Waals surface area contributed by atoms with Crippen molar-refractivity contribution in [3.05, 3.63) is 22.4 Å². The van der Waals surface area contributed by atoms with Crippen molar-refractivity contribution in [1.82, 2.24) is 14.5 Å². The first-order valence-corrected chi connectivity index (χ1v) is 10.8. The van der Waals surface area contributed by atoms with Crippen molar-refractivity contribution < 1.29 is 13.2 Å². The molecule has 128 valence electrons. The molecule has 1 N–H and O–H groups in total. The van der Waals surface area contributed by atoms with Crippen LogP contribution in [0.3, 0.4) is 0 Å². The van der Waals surface area contributed by atoms with Crippen molar-refractivity contribution in [2.24, 2.45) is 0 Å². The van der Waals surface area contributed by atoms with Gasteiger partial charge in [0.15, 0.2) is 0 Å². The fourth-order valence-electron chi connectivity index (χ4n) is 3.41. The minimum absolute atomic E-state index is 0.0171. The molecule has 0 aliphatic carbocycles. The predicted molar refractivity (Wildman–Crippen MR) is 91.0 cm³/mol. The van der Waals surface area contributed by atoms with E-state index in [-0.39, 0.29) is 18.1 Å². The molecule has 3 rings (SSSR count). The SMILES string of the molecule is CS(=O)(=O)N1CCC(NC(=O)N2CCCC2c2ccsc2)CC1. The molecule has 0 saturated carbocycles. The number of carbonyl (C=O) groups excluding carboxylic acids is 1. The summed E-state index contributed by atoms with van der Waals surface area (Å²) in [6, 6.07) is 2.31. The first kappa shape index (κ1) is 16.7. The Balaban J connectivity index is 1.56. The van der Waals surface area contributed by atoms with Gasteiger partial charge >= 0.3 is 6.03 Å². The Kier molecular flexibility index (Phi) is 4.93. The van der Waals surface area contributed by atoms with Crippen LogP contribution in [0.5, 0.6) is 0 Å². The second-order valence-corrected chi connectivity index (χ2v) is 9.06. The van der Waals surface area contributed by atoms with E-state index in [2.05, 4.69) is 16.8 Å². The number of thiophene rings is 1. The van der Waals surface area contributed by atoms with Gasteiger partial charge in [-0.1, -0.05) is 0 Å². The van der Waals surface area contributed by atoms with Crippen LogP contribution in [0.2, 0.25) is 0 Å². The van der Waals surface area contributed by atoms with Gasteiger partial charge in [-0.15, -0.1) is 0 Å². The number of rotatable bonds is 3. The summed E-state index contributed by atoms with van der Waals surface area (Å²) in [4.78, 5) is 14.5. The Morgan fingerprint density at radius 1 is 1.26 bits per heavy atom. The Morgan fingerprint density at radius 2 is 2.00 bits per heavy atom. The molecule has 8 heteroatoms. The Hall–Kier alpha value is -1.12. The van der Waals surface area contributed by atoms with E-state index in [1.54, 1.807) is 11.3 Å². The summed E-state index contributed by atoms with van der Waals surface area (Å²) in [5.74, 6) is 0. The standard InChI is InChI=1S/C15H23N3O3S2/c1-23(20,21)17-8-4-13(5-9-17)16-15(19)18-7-2-3-14(18)12-6-10-22-11-12/h6,10-11,13-14H,2-5,7-9H2,1H3,(H,16,19). The molecule has 2 aliphatic rings. The average Bonchev–Trinajstić information content (AvgIpc) is 3.17. The van der Waals surface area contributed by atoms with Gasteiger partial charge in [-0.05, 0) is 48.1 Å². The summed E-state index contributed by atoms with van der Waals surface area (Å²) < 4.78 is 24.5. The van der Waals surface area contributed by atoms with Gasteiger partial charge in [0, 0.05) is 25.7 Å². The van der Waals surface area contributed by atoms with E-state index in [0.29, 0.717) is 25.9 Å². The maximum Gasteiger partial charge on any atom is 0.318 e. The zero-order chi connectivity index (χ0) is 16.4. The van der Waals surface area contributed by atoms with Gasteiger partial charge in [-0.25, -0.2) is 17.5 Å². The lowest BCUT2D eigenvalue weighted by atomic mass is 10.1. The number of hydrogen-bond acceptors (Lipinski definition) is 4. The van der Waals surface area contributed by atoms with Gasteiger partial charge in [0.25, 0.3) is 0 Å². The molecule has 1 aromatic heterocycles. The minimum Gasteiger partial charge on any atom is -0.335 e. The maximum atomic E-state index is 12.6. The van der Waals surface area contributed by atoms with Gasteiger partial charge < -0.3 is 10.2 Å². The summed E-state index contributed by atoms with van der Waals surface area (Å²) in [5, 5.41) is 7.25. The van der Waals surface area contributed by atoms with Crippen molar-refractivity contribution in [3.8, 4) is 0 Å². The van der Waals surface area contributed by atoms with Crippen LogP contribution in [0.15, 0.2) is 16.8 Å². The molecule has 1 aromatic rings. The molecule has 6 nitrogen and oxygen atoms in total. The van der Waals surface area contributed by atoms with Crippen molar-refractivity contribution in [2.45, 2.75) is 37.8 Å². The highest BCUT2D eigenvalue weighted by Crippen LogP contribution is 2.33. The molecule has 2 saturated heterocycles. The molecule has 1 unspecified atom stereocenters. The topological polar surface area (TPSA) is 69.7 Å². The van der Waals surface area contributed by atoms with E-state index in [1.807, 2.05) is 10.3 Å². The molecule has 2 aliphatic heterocycles. The van der Waals surface area contributed by atoms with E-state index in [9.17, 15) is 13.2 Å². The van der Waals surface area contributed by atoms with Crippen LogP contribution < -0.4 is 5.32 Å². The van der Waals surface area contributed by atoms with E-state index in [4.69, 9.17) is 0 Å². The number of urea groups is 1. The highest BCUT2D eigenvalue weighted by Gasteiger charge is 2.32. The number of likely N-dealkylation sites (tertiary alicyclic amines) is 1. The van der Waals surface area contributed by atoms with Crippen LogP contribution in [0.1, 0.15) is 37.3 Å². The third-order valence-corrected chi connectivity index (χ3v) is 6.70. The van der Waals surface area contributed by atoms with Crippen molar-refractivity contribution in [3.63, 3.8) is 0 Å². The smallest absolute Gasteiger partial charge is 0.318 e. The summed E-state index contributed by atoms with van der Waals surface area (Å²) in [7, 11) is -3.12. The number of amides is 2. The highest BCUT2D eigenvalue weighted by molar-refractivity contribution is 7.88. The zero-order valence-electron chi connectivity index (χ0n) is 13.3. The Bertz CT molecular complexity index is 637. The monoisotopic (exact) mass is 357 g/mol. The third kappa shape index (κ3) is 3.87. The first-order valence-electron chi connectivity index (χ1n) is 7.99. The number of nitrogens with zero attached hydrogens (tertiary/aromatic N) is 2. The van der Waals surface area contributed by atoms with Crippen LogP contribution in [-0.2, 0) is 10.0 Å². The molecule has 0 bridgehead atoms. The summed E-state index contributed by atoms with van der Waals surface area (Å²) in [5.41, 5.74) is 1.22. The van der Waals surface area contributed by atoms with Crippen molar-refractivity contribution in [2.75, 3.05) is 25.9 Å². The highest BCUT2D eigenvalue weighted by atomic mass is 32.2. The van der Waals surface area contributed by atoms with Crippen LogP contribution in [0, 0.1) is 0 Å². The lowest BCUT2D eigenvalue weighted by molar-refractivity contribution is 0.182. The van der Waals surface area contributed by atoms with Gasteiger partial charge in [0.2, 0.25) is 10.0 Å². The average molecular weight is 358 g/mol. The molecule has 0 aromatic carbocycles. The van der Waals surface area contributed by atoms with Crippen molar-refractivity contribution in [1.29, 1.82) is 0 Å². The lowest BCUT2D eigenvalue weighted by Gasteiger charge is -2.33. The summed E-state index contributed by atoms with van der Waals surface area (Å²) >= 11 is 1.66. The number of carbonyl (C=O) groups is 1. The largest absolute Gasteiger partial charge is 0.335 e. The molecule has 3 heterocycles. The maximum absolute atomic E-state index is 12.6. The fraction of sp³-hybridized carbons (Fsp3) is 0.667. The zero-order valence-corrected chi connectivity index (χ0v) is 14.9. The third-order valence-electron chi connectivity index (χ3n) is 4.69. The first-order chi connectivity index (χ1) is 10.9. The van der Waals surface area contributed by atoms with E-state index >= 15 is 0 Å². The molecule has 2 fully saturated rings. The number of hydrogen-bond donors (Lipinski definition) is 1. The minimum atomic E-state index is -3.12. The van der Waals surface area contributed by atoms with E-state index < -0.39 is 10.0 Å². The van der Waals surface area contributed by atoms with Crippen LogP contribution in [-0.4, -0.2) is 55.6 Å². The molecular weight excluding hydrogens is 334 g/mol. The molecular formula is C15H23N3O3S2. The van der Waals surface area contributed by atoms with Crippen molar-refractivity contribution >= 4 is 27.4 Å². The van der Waals surface area contributed by atoms with E-state index in [1.165, 1.54) is 16.1 Å². The molecule has 2 amide bonds. The van der Waals surface area contributed by atoms with Crippen LogP contribution in [0.25, 0.3) is 0 Å². The van der Waals surface area contributed by atoms with E-state index in [0.717, 1.165) is 19.4 Å². The number of nitrogens with one attached hydrogen (secondary N) is 1. The lowest BCUT2D eigenvalue weighted by Crippen LogP contribution is -2.49. The van der Waals surface area contributed by atoms with Gasteiger partial charge in [0.1, 0.15) is 0 Å². The second kappa shape index (κ2) is 6.78. The number of sulfonamides is 1. The Labute approximate surface area is 141 Å². The quantitative estimate of drug-likeness (QED) is 0.900. The molecule has 0 spiro atoms. The fourth-order valence-corrected chi connectivity index (χ4v) is 4.99. The van der Waals surface area contributed by atoms with Gasteiger partial charge in [0.05, 0.1) is 12.3 Å². The predicted octanol–water partition coefficient (Wildman–Crippen LogP) is 2.02. The number of piperidine rings is 1. The molecule has 1 atom stereocenters. The molecule has 0 radical (unpaired) electrons. The van der Waals surface area contributed by atoms with Crippen LogP contribution >= 0.6 is 11.3 Å². The van der Waals surface area contributed by atoms with Crippen LogP contribution in [0.4, 0.5) is 4.79 Å². The van der Waals surface area contributed by atoms with Gasteiger partial charge in [-0.2, -0.15) is 11.3 Å². The second-order valence-electron chi connectivity index (χ2n) is 6.29.